The summed E-state index contributed by atoms with van der Waals surface area (Å²) in [5.41, 5.74) is 3.75. The fraction of sp³-hybridized carbons (Fsp3) is 0.286. The summed E-state index contributed by atoms with van der Waals surface area (Å²) in [6.07, 6.45) is 1.69. The maximum atomic E-state index is 5.95. The third kappa shape index (κ3) is 3.90. The van der Waals surface area contributed by atoms with Gasteiger partial charge < -0.3 is 9.64 Å². The normalized spacial score (nSPS) is 15.2. The molecule has 0 unspecified atom stereocenters. The largest absolute Gasteiger partial charge is 0.378 e. The molecule has 2 heterocycles. The maximum Gasteiger partial charge on any atom is 0.249 e. The zero-order chi connectivity index (χ0) is 15.2. The van der Waals surface area contributed by atoms with Crippen LogP contribution in [-0.2, 0) is 4.74 Å². The second-order valence-corrected chi connectivity index (χ2v) is 4.95. The molecule has 1 N–H and O–H groups in total. The van der Waals surface area contributed by atoms with Crippen molar-refractivity contribution in [3.8, 4) is 0 Å². The molecule has 7 nitrogen and oxygen atoms in total. The molecule has 22 heavy (non-hydrogen) atoms. The molecule has 1 fully saturated rings. The van der Waals surface area contributed by atoms with E-state index in [0.29, 0.717) is 25.1 Å². The lowest BCUT2D eigenvalue weighted by atomic mass is 10.2. The number of halogens is 1. The molecule has 1 aliphatic heterocycles. The first-order chi connectivity index (χ1) is 10.8. The molecule has 1 saturated heterocycles. The highest BCUT2D eigenvalue weighted by Gasteiger charge is 2.15. The minimum Gasteiger partial charge on any atom is -0.378 e. The number of nitrogens with one attached hydrogen (secondary N) is 1. The number of nitrogens with zero attached hydrogens (tertiary/aromatic N) is 5. The van der Waals surface area contributed by atoms with Crippen molar-refractivity contribution in [1.29, 1.82) is 0 Å². The monoisotopic (exact) mass is 318 g/mol. The predicted molar refractivity (Wildman–Crippen MR) is 85.5 cm³/mol. The van der Waals surface area contributed by atoms with E-state index >= 15 is 0 Å². The van der Waals surface area contributed by atoms with Crippen LogP contribution in [-0.4, -0.2) is 47.5 Å². The molecule has 2 aromatic rings. The van der Waals surface area contributed by atoms with Gasteiger partial charge in [-0.05, 0) is 17.2 Å². The standard InChI is InChI=1S/C14H15ClN6O/c15-12-17-13(20-16-10-11-4-2-1-3-5-11)19-14(18-12)21-6-8-22-9-7-21/h1-5,10H,6-9H2,(H,17,18,19,20). The molecule has 1 aromatic carbocycles. The fourth-order valence-electron chi connectivity index (χ4n) is 2.00. The number of anilines is 2. The third-order valence-corrected chi connectivity index (χ3v) is 3.24. The summed E-state index contributed by atoms with van der Waals surface area (Å²) < 4.78 is 5.31. The molecule has 0 spiro atoms. The average molecular weight is 319 g/mol. The van der Waals surface area contributed by atoms with Gasteiger partial charge in [-0.3, -0.25) is 0 Å². The van der Waals surface area contributed by atoms with Crippen LogP contribution in [0.25, 0.3) is 0 Å². The minimum atomic E-state index is 0.133. The summed E-state index contributed by atoms with van der Waals surface area (Å²) in [5.74, 6) is 0.842. The van der Waals surface area contributed by atoms with E-state index in [1.807, 2.05) is 35.2 Å². The van der Waals surface area contributed by atoms with Gasteiger partial charge in [-0.25, -0.2) is 5.43 Å². The quantitative estimate of drug-likeness (QED) is 0.684. The van der Waals surface area contributed by atoms with Crippen molar-refractivity contribution in [2.75, 3.05) is 36.6 Å². The van der Waals surface area contributed by atoms with Gasteiger partial charge in [0.05, 0.1) is 19.4 Å². The van der Waals surface area contributed by atoms with E-state index in [0.717, 1.165) is 18.7 Å². The number of aromatic nitrogens is 3. The van der Waals surface area contributed by atoms with Crippen LogP contribution >= 0.6 is 11.6 Å². The Kier molecular flexibility index (Phi) is 4.77. The van der Waals surface area contributed by atoms with Crippen LogP contribution in [0, 0.1) is 0 Å². The molecule has 0 aliphatic carbocycles. The van der Waals surface area contributed by atoms with Gasteiger partial charge in [0.15, 0.2) is 0 Å². The Bertz CT molecular complexity index is 645. The SMILES string of the molecule is Clc1nc(NN=Cc2ccccc2)nc(N2CCOCC2)n1. The van der Waals surface area contributed by atoms with E-state index in [4.69, 9.17) is 16.3 Å². The maximum absolute atomic E-state index is 5.95. The molecule has 1 aliphatic rings. The molecule has 0 atom stereocenters. The summed E-state index contributed by atoms with van der Waals surface area (Å²) in [4.78, 5) is 14.5. The van der Waals surface area contributed by atoms with Crippen molar-refractivity contribution in [2.24, 2.45) is 5.10 Å². The molecular weight excluding hydrogens is 304 g/mol. The van der Waals surface area contributed by atoms with Gasteiger partial charge in [0.2, 0.25) is 17.2 Å². The number of rotatable bonds is 4. The highest BCUT2D eigenvalue weighted by atomic mass is 35.5. The summed E-state index contributed by atoms with van der Waals surface area (Å²) in [7, 11) is 0. The van der Waals surface area contributed by atoms with Crippen molar-refractivity contribution in [2.45, 2.75) is 0 Å². The van der Waals surface area contributed by atoms with Crippen LogP contribution in [0.15, 0.2) is 35.4 Å². The van der Waals surface area contributed by atoms with Gasteiger partial charge in [-0.2, -0.15) is 20.1 Å². The van der Waals surface area contributed by atoms with E-state index in [1.54, 1.807) is 6.21 Å². The first-order valence-corrected chi connectivity index (χ1v) is 7.27. The van der Waals surface area contributed by atoms with Gasteiger partial charge in [0.25, 0.3) is 0 Å². The number of hydrogen-bond acceptors (Lipinski definition) is 7. The Morgan fingerprint density at radius 3 is 2.68 bits per heavy atom. The summed E-state index contributed by atoms with van der Waals surface area (Å²) in [6.45, 7) is 2.76. The van der Waals surface area contributed by atoms with Crippen molar-refractivity contribution >= 4 is 29.7 Å². The molecule has 114 valence electrons. The van der Waals surface area contributed by atoms with Crippen LogP contribution < -0.4 is 10.3 Å². The van der Waals surface area contributed by atoms with E-state index in [-0.39, 0.29) is 5.28 Å². The second-order valence-electron chi connectivity index (χ2n) is 4.61. The summed E-state index contributed by atoms with van der Waals surface area (Å²) in [6, 6.07) is 9.73. The lowest BCUT2D eigenvalue weighted by Crippen LogP contribution is -2.37. The second kappa shape index (κ2) is 7.15. The van der Waals surface area contributed by atoms with Crippen molar-refractivity contribution in [3.05, 3.63) is 41.2 Å². The smallest absolute Gasteiger partial charge is 0.249 e. The van der Waals surface area contributed by atoms with Crippen molar-refractivity contribution in [1.82, 2.24) is 15.0 Å². The summed E-state index contributed by atoms with van der Waals surface area (Å²) in [5, 5.41) is 4.24. The highest BCUT2D eigenvalue weighted by Crippen LogP contribution is 2.15. The number of morpholine rings is 1. The van der Waals surface area contributed by atoms with E-state index in [9.17, 15) is 0 Å². The van der Waals surface area contributed by atoms with Gasteiger partial charge in [-0.15, -0.1) is 0 Å². The van der Waals surface area contributed by atoms with Crippen molar-refractivity contribution < 1.29 is 4.74 Å². The first kappa shape index (κ1) is 14.7. The molecule has 0 bridgehead atoms. The molecule has 3 rings (SSSR count). The van der Waals surface area contributed by atoms with Crippen LogP contribution in [0.5, 0.6) is 0 Å². The van der Waals surface area contributed by atoms with Crippen molar-refractivity contribution in [3.63, 3.8) is 0 Å². The highest BCUT2D eigenvalue weighted by molar-refractivity contribution is 6.28. The van der Waals surface area contributed by atoms with Gasteiger partial charge in [0, 0.05) is 13.1 Å². The molecular formula is C14H15ClN6O. The third-order valence-electron chi connectivity index (χ3n) is 3.07. The Morgan fingerprint density at radius 2 is 1.91 bits per heavy atom. The fourth-order valence-corrected chi connectivity index (χ4v) is 2.15. The predicted octanol–water partition coefficient (Wildman–Crippen LogP) is 1.81. The molecule has 8 heteroatoms. The van der Waals surface area contributed by atoms with E-state index in [2.05, 4.69) is 25.5 Å². The Morgan fingerprint density at radius 1 is 1.14 bits per heavy atom. The number of benzene rings is 1. The summed E-state index contributed by atoms with van der Waals surface area (Å²) >= 11 is 5.95. The molecule has 0 radical (unpaired) electrons. The van der Waals surface area contributed by atoms with Gasteiger partial charge in [-0.1, -0.05) is 30.3 Å². The topological polar surface area (TPSA) is 75.5 Å². The number of hydrogen-bond donors (Lipinski definition) is 1. The lowest BCUT2D eigenvalue weighted by Gasteiger charge is -2.26. The lowest BCUT2D eigenvalue weighted by molar-refractivity contribution is 0.122. The van der Waals surface area contributed by atoms with Gasteiger partial charge >= 0.3 is 0 Å². The Hall–Kier alpha value is -2.25. The van der Waals surface area contributed by atoms with Crippen LogP contribution in [0.3, 0.4) is 0 Å². The zero-order valence-corrected chi connectivity index (χ0v) is 12.6. The zero-order valence-electron chi connectivity index (χ0n) is 11.8. The Labute approximate surface area is 133 Å². The Balaban J connectivity index is 1.70. The average Bonchev–Trinajstić information content (AvgIpc) is 2.56. The minimum absolute atomic E-state index is 0.133. The van der Waals surface area contributed by atoms with Crippen LogP contribution in [0.1, 0.15) is 5.56 Å². The molecule has 0 amide bonds. The molecule has 1 aromatic heterocycles. The van der Waals surface area contributed by atoms with E-state index < -0.39 is 0 Å². The van der Waals surface area contributed by atoms with Crippen LogP contribution in [0.4, 0.5) is 11.9 Å². The van der Waals surface area contributed by atoms with Crippen LogP contribution in [0.2, 0.25) is 5.28 Å². The first-order valence-electron chi connectivity index (χ1n) is 6.90. The number of ether oxygens (including phenoxy) is 1. The van der Waals surface area contributed by atoms with E-state index in [1.165, 1.54) is 0 Å². The van der Waals surface area contributed by atoms with Gasteiger partial charge in [0.1, 0.15) is 0 Å². The molecule has 0 saturated carbocycles. The number of hydrazone groups is 1.